The lowest BCUT2D eigenvalue weighted by molar-refractivity contribution is 0.0943. The summed E-state index contributed by atoms with van der Waals surface area (Å²) < 4.78 is 0. The van der Waals surface area contributed by atoms with E-state index in [1.165, 1.54) is 12.8 Å². The molecule has 1 aromatic rings. The second-order valence-corrected chi connectivity index (χ2v) is 5.57. The molecule has 2 N–H and O–H groups in total. The maximum absolute atomic E-state index is 11.8. The summed E-state index contributed by atoms with van der Waals surface area (Å²) >= 11 is 0. The van der Waals surface area contributed by atoms with Crippen LogP contribution in [0.25, 0.3) is 0 Å². The van der Waals surface area contributed by atoms with Crippen LogP contribution in [0.5, 0.6) is 0 Å². The number of unbranched alkanes of at least 4 members (excludes halogenated alkanes) is 3. The number of H-pyrrole nitrogens is 1. The normalized spacial score (nSPS) is 11.6. The third-order valence-electron chi connectivity index (χ3n) is 2.71. The van der Waals surface area contributed by atoms with E-state index in [1.54, 1.807) is 0 Å². The van der Waals surface area contributed by atoms with Crippen LogP contribution in [-0.2, 0) is 5.41 Å². The van der Waals surface area contributed by atoms with Gasteiger partial charge in [0.15, 0.2) is 0 Å². The Morgan fingerprint density at radius 2 is 2.00 bits per heavy atom. The number of carbonyl (C=O) groups excluding carboxylic acids is 1. The van der Waals surface area contributed by atoms with E-state index >= 15 is 0 Å². The standard InChI is InChI=1S/C13H24N4O/c1-5-6-7-8-9-14-11(18)10-15-12(17-16-10)13(2,3)4/h5-9H2,1-4H3,(H,14,18)(H,15,16,17). The highest BCUT2D eigenvalue weighted by Gasteiger charge is 2.20. The van der Waals surface area contributed by atoms with Gasteiger partial charge in [-0.05, 0) is 6.42 Å². The molecule has 0 atom stereocenters. The van der Waals surface area contributed by atoms with Crippen LogP contribution in [0.4, 0.5) is 0 Å². The van der Waals surface area contributed by atoms with Crippen LogP contribution < -0.4 is 5.32 Å². The third kappa shape index (κ3) is 4.47. The summed E-state index contributed by atoms with van der Waals surface area (Å²) in [5.74, 6) is 0.771. The van der Waals surface area contributed by atoms with Gasteiger partial charge in [0.2, 0.25) is 5.82 Å². The van der Waals surface area contributed by atoms with Crippen molar-refractivity contribution in [1.82, 2.24) is 20.5 Å². The molecule has 0 saturated heterocycles. The Balaban J connectivity index is 2.40. The number of carbonyl (C=O) groups is 1. The molecule has 0 aromatic carbocycles. The molecule has 102 valence electrons. The number of rotatable bonds is 6. The van der Waals surface area contributed by atoms with Gasteiger partial charge < -0.3 is 5.32 Å². The van der Waals surface area contributed by atoms with Crippen molar-refractivity contribution in [3.8, 4) is 0 Å². The van der Waals surface area contributed by atoms with Gasteiger partial charge in [-0.2, -0.15) is 0 Å². The molecule has 18 heavy (non-hydrogen) atoms. The van der Waals surface area contributed by atoms with Gasteiger partial charge in [-0.3, -0.25) is 9.89 Å². The fourth-order valence-electron chi connectivity index (χ4n) is 1.53. The number of nitrogens with one attached hydrogen (secondary N) is 2. The van der Waals surface area contributed by atoms with Gasteiger partial charge in [0, 0.05) is 12.0 Å². The van der Waals surface area contributed by atoms with Gasteiger partial charge in [-0.15, -0.1) is 5.10 Å². The highest BCUT2D eigenvalue weighted by Crippen LogP contribution is 2.17. The van der Waals surface area contributed by atoms with Crippen molar-refractivity contribution in [2.75, 3.05) is 6.54 Å². The van der Waals surface area contributed by atoms with Gasteiger partial charge in [-0.1, -0.05) is 47.0 Å². The molecular weight excluding hydrogens is 228 g/mol. The maximum Gasteiger partial charge on any atom is 0.290 e. The fraction of sp³-hybridized carbons (Fsp3) is 0.769. The zero-order valence-corrected chi connectivity index (χ0v) is 11.8. The molecule has 5 nitrogen and oxygen atoms in total. The zero-order chi connectivity index (χ0) is 13.6. The number of amides is 1. The maximum atomic E-state index is 11.8. The molecule has 1 rings (SSSR count). The minimum Gasteiger partial charge on any atom is -0.349 e. The van der Waals surface area contributed by atoms with Gasteiger partial charge in [-0.25, -0.2) is 4.98 Å². The molecule has 0 aliphatic carbocycles. The van der Waals surface area contributed by atoms with Crippen LogP contribution in [0.3, 0.4) is 0 Å². The molecule has 0 bridgehead atoms. The van der Waals surface area contributed by atoms with E-state index in [1.807, 2.05) is 20.8 Å². The summed E-state index contributed by atoms with van der Waals surface area (Å²) in [5.41, 5.74) is -0.118. The largest absolute Gasteiger partial charge is 0.349 e. The van der Waals surface area contributed by atoms with Gasteiger partial charge in [0.05, 0.1) is 0 Å². The van der Waals surface area contributed by atoms with Crippen molar-refractivity contribution in [2.45, 2.75) is 58.8 Å². The lowest BCUT2D eigenvalue weighted by Gasteiger charge is -2.12. The molecule has 0 spiro atoms. The Bertz CT molecular complexity index is 379. The van der Waals surface area contributed by atoms with E-state index in [4.69, 9.17) is 0 Å². The fourth-order valence-corrected chi connectivity index (χ4v) is 1.53. The molecular formula is C13H24N4O. The van der Waals surface area contributed by atoms with Gasteiger partial charge in [0.25, 0.3) is 5.91 Å². The predicted molar refractivity (Wildman–Crippen MR) is 71.6 cm³/mol. The monoisotopic (exact) mass is 252 g/mol. The van der Waals surface area contributed by atoms with Crippen LogP contribution in [-0.4, -0.2) is 27.6 Å². The first-order valence-electron chi connectivity index (χ1n) is 6.66. The topological polar surface area (TPSA) is 70.7 Å². The summed E-state index contributed by atoms with van der Waals surface area (Å²) in [6.45, 7) is 8.94. The molecule has 1 aromatic heterocycles. The van der Waals surface area contributed by atoms with Gasteiger partial charge >= 0.3 is 0 Å². The predicted octanol–water partition coefficient (Wildman–Crippen LogP) is 2.41. The van der Waals surface area contributed by atoms with E-state index < -0.39 is 0 Å². The first-order chi connectivity index (χ1) is 8.45. The van der Waals surface area contributed by atoms with E-state index in [-0.39, 0.29) is 17.1 Å². The Morgan fingerprint density at radius 3 is 2.56 bits per heavy atom. The highest BCUT2D eigenvalue weighted by atomic mass is 16.2. The summed E-state index contributed by atoms with van der Waals surface area (Å²) in [4.78, 5) is 16.0. The number of nitrogens with zero attached hydrogens (tertiary/aromatic N) is 2. The quantitative estimate of drug-likeness (QED) is 0.764. The molecule has 1 heterocycles. The Kier molecular flexibility index (Phi) is 5.31. The highest BCUT2D eigenvalue weighted by molar-refractivity contribution is 5.90. The van der Waals surface area contributed by atoms with Crippen LogP contribution >= 0.6 is 0 Å². The molecule has 0 aliphatic heterocycles. The summed E-state index contributed by atoms with van der Waals surface area (Å²) in [6.07, 6.45) is 4.57. The second-order valence-electron chi connectivity index (χ2n) is 5.57. The van der Waals surface area contributed by atoms with E-state index in [9.17, 15) is 4.79 Å². The van der Waals surface area contributed by atoms with Crippen LogP contribution in [0.15, 0.2) is 0 Å². The van der Waals surface area contributed by atoms with Crippen molar-refractivity contribution in [1.29, 1.82) is 0 Å². The molecule has 1 amide bonds. The first kappa shape index (κ1) is 14.7. The van der Waals surface area contributed by atoms with Crippen LogP contribution in [0, 0.1) is 0 Å². The van der Waals surface area contributed by atoms with Crippen LogP contribution in [0.1, 0.15) is 69.8 Å². The Hall–Kier alpha value is -1.39. The average molecular weight is 252 g/mol. The van der Waals surface area contributed by atoms with Crippen LogP contribution in [0.2, 0.25) is 0 Å². The number of hydrogen-bond donors (Lipinski definition) is 2. The summed E-state index contributed by atoms with van der Waals surface area (Å²) in [6, 6.07) is 0. The molecule has 0 saturated carbocycles. The molecule has 5 heteroatoms. The minimum atomic E-state index is -0.196. The molecule has 0 radical (unpaired) electrons. The zero-order valence-electron chi connectivity index (χ0n) is 11.8. The lowest BCUT2D eigenvalue weighted by atomic mass is 9.96. The first-order valence-corrected chi connectivity index (χ1v) is 6.66. The summed E-state index contributed by atoms with van der Waals surface area (Å²) in [7, 11) is 0. The average Bonchev–Trinajstić information content (AvgIpc) is 2.77. The van der Waals surface area contributed by atoms with Crippen molar-refractivity contribution >= 4 is 5.91 Å². The summed E-state index contributed by atoms with van der Waals surface area (Å²) in [5, 5.41) is 9.60. The van der Waals surface area contributed by atoms with Crippen molar-refractivity contribution in [3.05, 3.63) is 11.6 Å². The molecule has 0 fully saturated rings. The number of aromatic nitrogens is 3. The lowest BCUT2D eigenvalue weighted by Crippen LogP contribution is -2.25. The molecule has 0 aliphatic rings. The van der Waals surface area contributed by atoms with Gasteiger partial charge in [0.1, 0.15) is 5.82 Å². The van der Waals surface area contributed by atoms with Crippen molar-refractivity contribution < 1.29 is 4.79 Å². The minimum absolute atomic E-state index is 0.118. The number of hydrogen-bond acceptors (Lipinski definition) is 3. The Labute approximate surface area is 109 Å². The van der Waals surface area contributed by atoms with Crippen molar-refractivity contribution in [2.24, 2.45) is 0 Å². The number of aromatic amines is 1. The SMILES string of the molecule is CCCCCCNC(=O)c1n[nH]c(C(C)(C)C)n1. The van der Waals surface area contributed by atoms with E-state index in [2.05, 4.69) is 27.4 Å². The second kappa shape index (κ2) is 6.52. The van der Waals surface area contributed by atoms with E-state index in [0.29, 0.717) is 6.54 Å². The Morgan fingerprint density at radius 1 is 1.28 bits per heavy atom. The molecule has 0 unspecified atom stereocenters. The van der Waals surface area contributed by atoms with E-state index in [0.717, 1.165) is 18.7 Å². The van der Waals surface area contributed by atoms with Crippen molar-refractivity contribution in [3.63, 3.8) is 0 Å². The third-order valence-corrected chi connectivity index (χ3v) is 2.71. The smallest absolute Gasteiger partial charge is 0.290 e.